The van der Waals surface area contributed by atoms with Crippen LogP contribution in [0.4, 0.5) is 0 Å². The van der Waals surface area contributed by atoms with Crippen LogP contribution in [0.3, 0.4) is 0 Å². The maximum atomic E-state index is 8.94. The van der Waals surface area contributed by atoms with E-state index in [-0.39, 0.29) is 12.7 Å². The van der Waals surface area contributed by atoms with Crippen molar-refractivity contribution < 1.29 is 9.84 Å². The summed E-state index contributed by atoms with van der Waals surface area (Å²) in [6.45, 7) is -0.103. The minimum atomic E-state index is -0.103. The molecular weight excluding hydrogens is 206 g/mol. The summed E-state index contributed by atoms with van der Waals surface area (Å²) in [7, 11) is 1.70. The van der Waals surface area contributed by atoms with Gasteiger partial charge in [-0.3, -0.25) is 5.10 Å². The number of nitrogens with zero attached hydrogens (tertiary/aromatic N) is 2. The maximum Gasteiger partial charge on any atom is 0.179 e. The van der Waals surface area contributed by atoms with Gasteiger partial charge in [0.1, 0.15) is 18.5 Å². The van der Waals surface area contributed by atoms with Crippen molar-refractivity contribution in [3.63, 3.8) is 0 Å². The van der Waals surface area contributed by atoms with E-state index in [4.69, 9.17) is 9.84 Å². The van der Waals surface area contributed by atoms with Crippen LogP contribution in [-0.2, 0) is 11.3 Å². The third kappa shape index (κ3) is 2.41. The van der Waals surface area contributed by atoms with Gasteiger partial charge >= 0.3 is 0 Å². The molecule has 1 heterocycles. The molecule has 5 heteroatoms. The Morgan fingerprint density at radius 2 is 2.19 bits per heavy atom. The average molecular weight is 225 g/mol. The van der Waals surface area contributed by atoms with Gasteiger partial charge in [0.15, 0.2) is 5.82 Å². The Hall–Kier alpha value is -0.940. The number of hydrogen-bond donors (Lipinski definition) is 2. The lowest BCUT2D eigenvalue weighted by Gasteiger charge is -2.27. The molecule has 1 aliphatic rings. The van der Waals surface area contributed by atoms with Crippen molar-refractivity contribution in [2.45, 2.75) is 44.8 Å². The molecular formula is C11H19N3O2. The van der Waals surface area contributed by atoms with E-state index in [0.29, 0.717) is 17.6 Å². The molecule has 0 amide bonds. The molecule has 2 N–H and O–H groups in total. The molecule has 1 aromatic rings. The second-order valence-electron chi connectivity index (χ2n) is 4.35. The molecule has 0 bridgehead atoms. The van der Waals surface area contributed by atoms with E-state index in [1.165, 1.54) is 32.1 Å². The number of ether oxygens (including phenoxy) is 1. The highest BCUT2D eigenvalue weighted by atomic mass is 16.5. The summed E-state index contributed by atoms with van der Waals surface area (Å²) < 4.78 is 5.51. The molecule has 1 atom stereocenters. The highest BCUT2D eigenvalue weighted by Crippen LogP contribution is 2.34. The molecule has 1 aromatic heterocycles. The first kappa shape index (κ1) is 11.5. The third-order valence-electron chi connectivity index (χ3n) is 3.29. The number of aliphatic hydroxyl groups is 1. The van der Waals surface area contributed by atoms with E-state index in [2.05, 4.69) is 15.2 Å². The zero-order chi connectivity index (χ0) is 11.4. The lowest BCUT2D eigenvalue weighted by atomic mass is 9.85. The number of rotatable bonds is 4. The molecule has 0 aromatic carbocycles. The quantitative estimate of drug-likeness (QED) is 0.815. The van der Waals surface area contributed by atoms with Crippen molar-refractivity contribution in [2.75, 3.05) is 7.11 Å². The van der Waals surface area contributed by atoms with Gasteiger partial charge in [0.2, 0.25) is 0 Å². The van der Waals surface area contributed by atoms with Crippen LogP contribution in [0.15, 0.2) is 0 Å². The van der Waals surface area contributed by atoms with Crippen molar-refractivity contribution in [1.82, 2.24) is 15.2 Å². The van der Waals surface area contributed by atoms with Crippen LogP contribution in [0, 0.1) is 5.92 Å². The van der Waals surface area contributed by atoms with Gasteiger partial charge in [0.05, 0.1) is 0 Å². The topological polar surface area (TPSA) is 71.0 Å². The largest absolute Gasteiger partial charge is 0.388 e. The highest BCUT2D eigenvalue weighted by Gasteiger charge is 2.27. The van der Waals surface area contributed by atoms with E-state index < -0.39 is 0 Å². The summed E-state index contributed by atoms with van der Waals surface area (Å²) in [5, 5.41) is 15.8. The summed E-state index contributed by atoms with van der Waals surface area (Å²) in [5.74, 6) is 1.70. The number of methoxy groups -OCH3 is 1. The first-order valence-corrected chi connectivity index (χ1v) is 5.90. The molecule has 90 valence electrons. The number of aromatic nitrogens is 3. The first-order chi connectivity index (χ1) is 7.85. The number of H-pyrrole nitrogens is 1. The Morgan fingerprint density at radius 1 is 1.44 bits per heavy atom. The average Bonchev–Trinajstić information content (AvgIpc) is 2.80. The minimum absolute atomic E-state index is 0.0307. The number of nitrogens with one attached hydrogen (secondary N) is 1. The molecule has 1 unspecified atom stereocenters. The normalized spacial score (nSPS) is 19.9. The predicted molar refractivity (Wildman–Crippen MR) is 58.6 cm³/mol. The van der Waals surface area contributed by atoms with E-state index >= 15 is 0 Å². The lowest BCUT2D eigenvalue weighted by Crippen LogP contribution is -2.19. The summed E-state index contributed by atoms with van der Waals surface area (Å²) >= 11 is 0. The summed E-state index contributed by atoms with van der Waals surface area (Å²) in [4.78, 5) is 4.23. The van der Waals surface area contributed by atoms with Gasteiger partial charge in [-0.1, -0.05) is 19.3 Å². The van der Waals surface area contributed by atoms with Crippen LogP contribution in [0.25, 0.3) is 0 Å². The number of aliphatic hydroxyl groups excluding tert-OH is 1. The summed E-state index contributed by atoms with van der Waals surface area (Å²) in [6.07, 6.45) is 6.19. The second kappa shape index (κ2) is 5.41. The summed E-state index contributed by atoms with van der Waals surface area (Å²) in [6, 6.07) is 0. The Labute approximate surface area is 95.2 Å². The molecule has 1 fully saturated rings. The molecule has 2 rings (SSSR count). The molecule has 1 aliphatic carbocycles. The fourth-order valence-corrected chi connectivity index (χ4v) is 2.45. The van der Waals surface area contributed by atoms with E-state index in [9.17, 15) is 0 Å². The predicted octanol–water partition coefficient (Wildman–Crippen LogP) is 1.56. The Kier molecular flexibility index (Phi) is 3.90. The van der Waals surface area contributed by atoms with Crippen molar-refractivity contribution in [3.8, 4) is 0 Å². The number of hydrogen-bond acceptors (Lipinski definition) is 4. The fraction of sp³-hybridized carbons (Fsp3) is 0.818. The van der Waals surface area contributed by atoms with Crippen molar-refractivity contribution in [3.05, 3.63) is 11.6 Å². The summed E-state index contributed by atoms with van der Waals surface area (Å²) in [5.41, 5.74) is 0. The highest BCUT2D eigenvalue weighted by molar-refractivity contribution is 4.96. The van der Waals surface area contributed by atoms with Crippen molar-refractivity contribution in [1.29, 1.82) is 0 Å². The lowest BCUT2D eigenvalue weighted by molar-refractivity contribution is 0.0291. The molecule has 16 heavy (non-hydrogen) atoms. The molecule has 0 aliphatic heterocycles. The van der Waals surface area contributed by atoms with Gasteiger partial charge < -0.3 is 9.84 Å². The minimum Gasteiger partial charge on any atom is -0.388 e. The molecule has 0 spiro atoms. The van der Waals surface area contributed by atoms with Gasteiger partial charge in [0.25, 0.3) is 0 Å². The van der Waals surface area contributed by atoms with E-state index in [1.807, 2.05) is 0 Å². The monoisotopic (exact) mass is 225 g/mol. The van der Waals surface area contributed by atoms with Gasteiger partial charge in [-0.05, 0) is 18.8 Å². The van der Waals surface area contributed by atoms with Crippen LogP contribution in [0.2, 0.25) is 0 Å². The van der Waals surface area contributed by atoms with E-state index in [1.54, 1.807) is 7.11 Å². The van der Waals surface area contributed by atoms with Crippen molar-refractivity contribution in [2.24, 2.45) is 5.92 Å². The van der Waals surface area contributed by atoms with Gasteiger partial charge in [-0.15, -0.1) is 0 Å². The van der Waals surface area contributed by atoms with Crippen LogP contribution in [0.1, 0.15) is 49.9 Å². The third-order valence-corrected chi connectivity index (χ3v) is 3.29. The zero-order valence-electron chi connectivity index (χ0n) is 9.65. The Morgan fingerprint density at radius 3 is 2.75 bits per heavy atom. The smallest absolute Gasteiger partial charge is 0.179 e. The first-order valence-electron chi connectivity index (χ1n) is 5.90. The second-order valence-corrected chi connectivity index (χ2v) is 4.35. The Bertz CT molecular complexity index is 321. The molecule has 0 radical (unpaired) electrons. The Balaban J connectivity index is 2.08. The molecule has 0 saturated heterocycles. The van der Waals surface area contributed by atoms with E-state index in [0.717, 1.165) is 0 Å². The van der Waals surface area contributed by atoms with Crippen LogP contribution >= 0.6 is 0 Å². The molecule has 1 saturated carbocycles. The van der Waals surface area contributed by atoms with Gasteiger partial charge in [-0.2, -0.15) is 5.10 Å². The van der Waals surface area contributed by atoms with Gasteiger partial charge in [0, 0.05) is 7.11 Å². The fourth-order valence-electron chi connectivity index (χ4n) is 2.45. The van der Waals surface area contributed by atoms with Gasteiger partial charge in [-0.25, -0.2) is 4.98 Å². The standard InChI is InChI=1S/C11H19N3O2/c1-16-10(8-5-3-2-4-6-8)11-12-9(7-15)13-14-11/h8,10,15H,2-7H2,1H3,(H,12,13,14). The van der Waals surface area contributed by atoms with Crippen LogP contribution < -0.4 is 0 Å². The van der Waals surface area contributed by atoms with Crippen molar-refractivity contribution >= 4 is 0 Å². The number of aromatic amines is 1. The van der Waals surface area contributed by atoms with Crippen LogP contribution in [-0.4, -0.2) is 27.4 Å². The van der Waals surface area contributed by atoms with Crippen LogP contribution in [0.5, 0.6) is 0 Å². The maximum absolute atomic E-state index is 8.94. The zero-order valence-corrected chi connectivity index (χ0v) is 9.65. The SMILES string of the molecule is COC(c1n[nH]c(CO)n1)C1CCCCC1. The molecule has 5 nitrogen and oxygen atoms in total.